The molecule has 1 atom stereocenters. The third-order valence-electron chi connectivity index (χ3n) is 2.74. The standard InChI is InChI=1S/C12H15FN2O4/c1-3-8(6-16)14-12(17)10-5-9(15(18)19)4-7(2)11(10)13/h4-5,8,16H,3,6H2,1-2H3,(H,14,17)/t8-/m0/s1. The van der Waals surface area contributed by atoms with Crippen LogP contribution in [-0.4, -0.2) is 28.6 Å². The van der Waals surface area contributed by atoms with E-state index in [-0.39, 0.29) is 17.9 Å². The van der Waals surface area contributed by atoms with Gasteiger partial charge in [-0.05, 0) is 18.9 Å². The summed E-state index contributed by atoms with van der Waals surface area (Å²) in [5.74, 6) is -1.57. The van der Waals surface area contributed by atoms with Crippen molar-refractivity contribution in [2.75, 3.05) is 6.61 Å². The van der Waals surface area contributed by atoms with Gasteiger partial charge >= 0.3 is 0 Å². The molecule has 19 heavy (non-hydrogen) atoms. The molecule has 0 aliphatic rings. The van der Waals surface area contributed by atoms with Crippen molar-refractivity contribution in [1.82, 2.24) is 5.32 Å². The number of aliphatic hydroxyl groups excluding tert-OH is 1. The molecule has 1 aromatic rings. The summed E-state index contributed by atoms with van der Waals surface area (Å²) in [4.78, 5) is 21.8. The average molecular weight is 270 g/mol. The van der Waals surface area contributed by atoms with Crippen molar-refractivity contribution in [2.45, 2.75) is 26.3 Å². The molecular weight excluding hydrogens is 255 g/mol. The molecule has 6 nitrogen and oxygen atoms in total. The second-order valence-electron chi connectivity index (χ2n) is 4.14. The van der Waals surface area contributed by atoms with Crippen LogP contribution in [0, 0.1) is 22.9 Å². The SMILES string of the molecule is CC[C@@H](CO)NC(=O)c1cc([N+](=O)[O-])cc(C)c1F. The third-order valence-corrected chi connectivity index (χ3v) is 2.74. The molecule has 0 saturated carbocycles. The van der Waals surface area contributed by atoms with E-state index in [2.05, 4.69) is 5.32 Å². The normalized spacial score (nSPS) is 12.0. The number of carbonyl (C=O) groups is 1. The largest absolute Gasteiger partial charge is 0.394 e. The first-order valence-electron chi connectivity index (χ1n) is 5.77. The highest BCUT2D eigenvalue weighted by Gasteiger charge is 2.21. The van der Waals surface area contributed by atoms with Crippen molar-refractivity contribution in [1.29, 1.82) is 0 Å². The number of nitrogens with one attached hydrogen (secondary N) is 1. The summed E-state index contributed by atoms with van der Waals surface area (Å²) in [6.45, 7) is 2.82. The predicted octanol–water partition coefficient (Wildman–Crippen LogP) is 1.54. The van der Waals surface area contributed by atoms with Crippen LogP contribution in [0.1, 0.15) is 29.3 Å². The van der Waals surface area contributed by atoms with Gasteiger partial charge in [0, 0.05) is 12.1 Å². The van der Waals surface area contributed by atoms with Gasteiger partial charge in [0.2, 0.25) is 0 Å². The molecule has 0 aromatic heterocycles. The second-order valence-corrected chi connectivity index (χ2v) is 4.14. The molecule has 0 aliphatic carbocycles. The zero-order valence-corrected chi connectivity index (χ0v) is 10.6. The summed E-state index contributed by atoms with van der Waals surface area (Å²) >= 11 is 0. The highest BCUT2D eigenvalue weighted by atomic mass is 19.1. The Morgan fingerprint density at radius 2 is 2.21 bits per heavy atom. The molecule has 0 fully saturated rings. The van der Waals surface area contributed by atoms with Crippen LogP contribution in [-0.2, 0) is 0 Å². The van der Waals surface area contributed by atoms with E-state index < -0.39 is 28.3 Å². The number of nitro groups is 1. The van der Waals surface area contributed by atoms with Crippen LogP contribution in [0.3, 0.4) is 0 Å². The summed E-state index contributed by atoms with van der Waals surface area (Å²) in [6.07, 6.45) is 0.470. The summed E-state index contributed by atoms with van der Waals surface area (Å²) in [5.41, 5.74) is -0.712. The minimum absolute atomic E-state index is 0.0244. The lowest BCUT2D eigenvalue weighted by Crippen LogP contribution is -2.37. The van der Waals surface area contributed by atoms with Gasteiger partial charge in [0.05, 0.1) is 23.1 Å². The van der Waals surface area contributed by atoms with Crippen molar-refractivity contribution >= 4 is 11.6 Å². The van der Waals surface area contributed by atoms with E-state index in [9.17, 15) is 19.3 Å². The minimum atomic E-state index is -0.795. The quantitative estimate of drug-likeness (QED) is 0.627. The van der Waals surface area contributed by atoms with E-state index >= 15 is 0 Å². The second kappa shape index (κ2) is 6.24. The van der Waals surface area contributed by atoms with Crippen molar-refractivity contribution in [3.8, 4) is 0 Å². The number of nitro benzene ring substituents is 1. The maximum Gasteiger partial charge on any atom is 0.270 e. The number of benzene rings is 1. The molecule has 0 aliphatic heterocycles. The maximum atomic E-state index is 13.8. The van der Waals surface area contributed by atoms with Crippen molar-refractivity contribution in [3.05, 3.63) is 39.2 Å². The van der Waals surface area contributed by atoms with E-state index in [0.29, 0.717) is 6.42 Å². The van der Waals surface area contributed by atoms with E-state index in [0.717, 1.165) is 12.1 Å². The molecule has 1 aromatic carbocycles. The van der Waals surface area contributed by atoms with Crippen LogP contribution in [0.25, 0.3) is 0 Å². The maximum absolute atomic E-state index is 13.8. The molecule has 2 N–H and O–H groups in total. The molecule has 1 rings (SSSR count). The number of halogens is 1. The van der Waals surface area contributed by atoms with Gasteiger partial charge < -0.3 is 10.4 Å². The Balaban J connectivity index is 3.11. The van der Waals surface area contributed by atoms with Crippen LogP contribution < -0.4 is 5.32 Å². The van der Waals surface area contributed by atoms with Gasteiger partial charge in [-0.25, -0.2) is 4.39 Å². The molecule has 7 heteroatoms. The number of hydrogen-bond donors (Lipinski definition) is 2. The molecule has 0 radical (unpaired) electrons. The average Bonchev–Trinajstić information content (AvgIpc) is 2.38. The summed E-state index contributed by atoms with van der Waals surface area (Å²) < 4.78 is 13.8. The summed E-state index contributed by atoms with van der Waals surface area (Å²) in [6, 6.07) is 1.45. The Hall–Kier alpha value is -2.02. The number of aliphatic hydroxyl groups is 1. The molecule has 1 amide bonds. The zero-order chi connectivity index (χ0) is 14.6. The van der Waals surface area contributed by atoms with Crippen LogP contribution in [0.15, 0.2) is 12.1 Å². The number of amides is 1. The predicted molar refractivity (Wildman–Crippen MR) is 66.4 cm³/mol. The first-order chi connectivity index (χ1) is 8.90. The van der Waals surface area contributed by atoms with Crippen LogP contribution in [0.2, 0.25) is 0 Å². The zero-order valence-electron chi connectivity index (χ0n) is 10.6. The molecule has 104 valence electrons. The molecule has 0 unspecified atom stereocenters. The fourth-order valence-electron chi connectivity index (χ4n) is 1.56. The Morgan fingerprint density at radius 3 is 2.68 bits per heavy atom. The Bertz CT molecular complexity index is 501. The summed E-state index contributed by atoms with van der Waals surface area (Å²) in [5, 5.41) is 22.1. The molecule has 0 bridgehead atoms. The Morgan fingerprint density at radius 1 is 1.58 bits per heavy atom. The highest BCUT2D eigenvalue weighted by Crippen LogP contribution is 2.21. The fraction of sp³-hybridized carbons (Fsp3) is 0.417. The number of carbonyl (C=O) groups excluding carboxylic acids is 1. The van der Waals surface area contributed by atoms with Crippen molar-refractivity contribution in [2.24, 2.45) is 0 Å². The number of nitrogens with zero attached hydrogens (tertiary/aromatic N) is 1. The monoisotopic (exact) mass is 270 g/mol. The van der Waals surface area contributed by atoms with E-state index in [1.807, 2.05) is 0 Å². The van der Waals surface area contributed by atoms with Gasteiger partial charge in [-0.15, -0.1) is 0 Å². The van der Waals surface area contributed by atoms with Gasteiger partial charge in [0.15, 0.2) is 0 Å². The molecule has 0 spiro atoms. The molecule has 0 saturated heterocycles. The van der Waals surface area contributed by atoms with Crippen LogP contribution in [0.4, 0.5) is 10.1 Å². The minimum Gasteiger partial charge on any atom is -0.394 e. The molecule has 0 heterocycles. The smallest absolute Gasteiger partial charge is 0.270 e. The van der Waals surface area contributed by atoms with Crippen molar-refractivity contribution in [3.63, 3.8) is 0 Å². The van der Waals surface area contributed by atoms with E-state index in [1.54, 1.807) is 6.92 Å². The van der Waals surface area contributed by atoms with E-state index in [1.165, 1.54) is 6.92 Å². The lowest BCUT2D eigenvalue weighted by atomic mass is 10.1. The number of hydrogen-bond acceptors (Lipinski definition) is 4. The van der Waals surface area contributed by atoms with Gasteiger partial charge in [0.25, 0.3) is 11.6 Å². The van der Waals surface area contributed by atoms with E-state index in [4.69, 9.17) is 5.11 Å². The van der Waals surface area contributed by atoms with Crippen LogP contribution in [0.5, 0.6) is 0 Å². The lowest BCUT2D eigenvalue weighted by Gasteiger charge is -2.14. The first-order valence-corrected chi connectivity index (χ1v) is 5.77. The number of rotatable bonds is 5. The fourth-order valence-corrected chi connectivity index (χ4v) is 1.56. The highest BCUT2D eigenvalue weighted by molar-refractivity contribution is 5.95. The Kier molecular flexibility index (Phi) is 4.94. The van der Waals surface area contributed by atoms with Gasteiger partial charge in [-0.2, -0.15) is 0 Å². The van der Waals surface area contributed by atoms with Crippen LogP contribution >= 0.6 is 0 Å². The van der Waals surface area contributed by atoms with Gasteiger partial charge in [-0.1, -0.05) is 6.92 Å². The van der Waals surface area contributed by atoms with Gasteiger partial charge in [-0.3, -0.25) is 14.9 Å². The summed E-state index contributed by atoms with van der Waals surface area (Å²) in [7, 11) is 0. The lowest BCUT2D eigenvalue weighted by molar-refractivity contribution is -0.385. The third kappa shape index (κ3) is 3.47. The number of non-ortho nitro benzene ring substituents is 1. The molecular formula is C12H15FN2O4. The first kappa shape index (κ1) is 15.0. The topological polar surface area (TPSA) is 92.5 Å². The number of aryl methyl sites for hydroxylation is 1. The van der Waals surface area contributed by atoms with Crippen molar-refractivity contribution < 1.29 is 19.2 Å². The van der Waals surface area contributed by atoms with Gasteiger partial charge in [0.1, 0.15) is 5.82 Å². The Labute approximate surface area is 109 Å².